The van der Waals surface area contributed by atoms with Gasteiger partial charge in [0.15, 0.2) is 0 Å². The molecule has 0 radical (unpaired) electrons. The van der Waals surface area contributed by atoms with Crippen LogP contribution >= 0.6 is 0 Å². The summed E-state index contributed by atoms with van der Waals surface area (Å²) in [5, 5.41) is 3.98. The van der Waals surface area contributed by atoms with Gasteiger partial charge in [-0.15, -0.1) is 0 Å². The molecule has 3 aromatic rings. The standard InChI is InChI=1S/C27H29N3O4S/c1-3-18-34-25-11-7-10-24(19-25)20-28-29-27(31)21-30(17-16-23-8-5-4-6-9-23)35(32,33)26-14-12-22(2)13-15-26/h3-15,19-20H,1,16-18,21H2,2H3,(H,29,31)/b28-20-. The van der Waals surface area contributed by atoms with Gasteiger partial charge in [-0.1, -0.05) is 72.8 Å². The Hall–Kier alpha value is -3.75. The molecule has 0 saturated heterocycles. The van der Waals surface area contributed by atoms with Gasteiger partial charge in [-0.2, -0.15) is 9.41 Å². The van der Waals surface area contributed by atoms with Crippen molar-refractivity contribution < 1.29 is 17.9 Å². The number of hydrogen-bond donors (Lipinski definition) is 1. The van der Waals surface area contributed by atoms with Gasteiger partial charge in [-0.05, 0) is 48.7 Å². The Morgan fingerprint density at radius 2 is 1.80 bits per heavy atom. The fourth-order valence-electron chi connectivity index (χ4n) is 3.26. The minimum atomic E-state index is -3.88. The van der Waals surface area contributed by atoms with E-state index in [1.54, 1.807) is 48.5 Å². The lowest BCUT2D eigenvalue weighted by Gasteiger charge is -2.21. The van der Waals surface area contributed by atoms with E-state index < -0.39 is 15.9 Å². The largest absolute Gasteiger partial charge is 0.490 e. The molecule has 0 spiro atoms. The molecule has 0 heterocycles. The number of ether oxygens (including phenoxy) is 1. The summed E-state index contributed by atoms with van der Waals surface area (Å²) in [4.78, 5) is 12.8. The van der Waals surface area contributed by atoms with Crippen LogP contribution in [0.4, 0.5) is 0 Å². The zero-order valence-electron chi connectivity index (χ0n) is 19.6. The smallest absolute Gasteiger partial charge is 0.255 e. The van der Waals surface area contributed by atoms with E-state index in [9.17, 15) is 13.2 Å². The Morgan fingerprint density at radius 1 is 1.06 bits per heavy atom. The Bertz CT molecular complexity index is 1260. The molecule has 1 amide bonds. The molecular formula is C27H29N3O4S. The van der Waals surface area contributed by atoms with Crippen LogP contribution in [0.5, 0.6) is 5.75 Å². The van der Waals surface area contributed by atoms with E-state index in [1.807, 2.05) is 43.3 Å². The van der Waals surface area contributed by atoms with Gasteiger partial charge < -0.3 is 4.74 Å². The number of carbonyl (C=O) groups excluding carboxylic acids is 1. The predicted octanol–water partition coefficient (Wildman–Crippen LogP) is 3.94. The summed E-state index contributed by atoms with van der Waals surface area (Å²) in [6.07, 6.45) is 3.59. The number of nitrogens with one attached hydrogen (secondary N) is 1. The van der Waals surface area contributed by atoms with Gasteiger partial charge >= 0.3 is 0 Å². The number of benzene rings is 3. The van der Waals surface area contributed by atoms with Crippen LogP contribution in [-0.4, -0.2) is 44.5 Å². The molecular weight excluding hydrogens is 462 g/mol. The third kappa shape index (κ3) is 7.91. The Kier molecular flexibility index (Phi) is 9.34. The highest BCUT2D eigenvalue weighted by atomic mass is 32.2. The van der Waals surface area contributed by atoms with Crippen LogP contribution in [0, 0.1) is 6.92 Å². The van der Waals surface area contributed by atoms with E-state index in [2.05, 4.69) is 17.1 Å². The highest BCUT2D eigenvalue weighted by Crippen LogP contribution is 2.17. The third-order valence-corrected chi connectivity index (χ3v) is 6.96. The summed E-state index contributed by atoms with van der Waals surface area (Å²) in [5.41, 5.74) is 5.07. The fraction of sp³-hybridized carbons (Fsp3) is 0.185. The highest BCUT2D eigenvalue weighted by molar-refractivity contribution is 7.89. The first-order chi connectivity index (χ1) is 16.9. The first-order valence-electron chi connectivity index (χ1n) is 11.1. The Labute approximate surface area is 206 Å². The Balaban J connectivity index is 1.70. The maximum absolute atomic E-state index is 13.3. The van der Waals surface area contributed by atoms with Crippen LogP contribution < -0.4 is 10.2 Å². The van der Waals surface area contributed by atoms with Crippen molar-refractivity contribution in [2.45, 2.75) is 18.2 Å². The van der Waals surface area contributed by atoms with E-state index >= 15 is 0 Å². The third-order valence-electron chi connectivity index (χ3n) is 5.10. The maximum Gasteiger partial charge on any atom is 0.255 e. The Morgan fingerprint density at radius 3 is 2.51 bits per heavy atom. The van der Waals surface area contributed by atoms with E-state index in [1.165, 1.54) is 10.5 Å². The average molecular weight is 492 g/mol. The van der Waals surface area contributed by atoms with Crippen molar-refractivity contribution in [2.24, 2.45) is 5.10 Å². The SMILES string of the molecule is C=CCOc1cccc(/C=N\NC(=O)CN(CCc2ccccc2)S(=O)(=O)c2ccc(C)cc2)c1. The number of nitrogens with zero attached hydrogens (tertiary/aromatic N) is 2. The van der Waals surface area contributed by atoms with Crippen LogP contribution in [0.25, 0.3) is 0 Å². The zero-order valence-corrected chi connectivity index (χ0v) is 20.4. The summed E-state index contributed by atoms with van der Waals surface area (Å²) in [7, 11) is -3.88. The quantitative estimate of drug-likeness (QED) is 0.236. The number of aryl methyl sites for hydroxylation is 1. The van der Waals surface area contributed by atoms with Crippen molar-refractivity contribution in [3.63, 3.8) is 0 Å². The number of rotatable bonds is 12. The molecule has 0 bridgehead atoms. The minimum Gasteiger partial charge on any atom is -0.490 e. The van der Waals surface area contributed by atoms with Crippen LogP contribution in [0.2, 0.25) is 0 Å². The van der Waals surface area contributed by atoms with Crippen LogP contribution in [0.1, 0.15) is 16.7 Å². The molecule has 182 valence electrons. The van der Waals surface area contributed by atoms with Crippen molar-refractivity contribution in [2.75, 3.05) is 19.7 Å². The molecule has 0 fully saturated rings. The molecule has 1 N–H and O–H groups in total. The highest BCUT2D eigenvalue weighted by Gasteiger charge is 2.26. The van der Waals surface area contributed by atoms with E-state index in [4.69, 9.17) is 4.74 Å². The summed E-state index contributed by atoms with van der Waals surface area (Å²) in [5.74, 6) is 0.112. The van der Waals surface area contributed by atoms with Crippen molar-refractivity contribution in [1.29, 1.82) is 0 Å². The summed E-state index contributed by atoms with van der Waals surface area (Å²) >= 11 is 0. The van der Waals surface area contributed by atoms with Crippen molar-refractivity contribution >= 4 is 22.1 Å². The molecule has 0 aliphatic carbocycles. The summed E-state index contributed by atoms with van der Waals surface area (Å²) < 4.78 is 33.3. The van der Waals surface area contributed by atoms with Crippen molar-refractivity contribution in [3.8, 4) is 5.75 Å². The van der Waals surface area contributed by atoms with E-state index in [-0.39, 0.29) is 18.0 Å². The second kappa shape index (κ2) is 12.6. The molecule has 0 unspecified atom stereocenters. The lowest BCUT2D eigenvalue weighted by molar-refractivity contribution is -0.121. The number of carbonyl (C=O) groups is 1. The summed E-state index contributed by atoms with van der Waals surface area (Å²) in [6, 6.07) is 23.3. The second-order valence-electron chi connectivity index (χ2n) is 7.85. The number of sulfonamides is 1. The van der Waals surface area contributed by atoms with Crippen LogP contribution in [0.15, 0.2) is 102 Å². The number of hydrogen-bond acceptors (Lipinski definition) is 5. The maximum atomic E-state index is 13.3. The second-order valence-corrected chi connectivity index (χ2v) is 9.79. The minimum absolute atomic E-state index is 0.142. The monoisotopic (exact) mass is 491 g/mol. The van der Waals surface area contributed by atoms with Gasteiger partial charge in [0.1, 0.15) is 12.4 Å². The first kappa shape index (κ1) is 25.9. The van der Waals surface area contributed by atoms with Gasteiger partial charge in [0.25, 0.3) is 5.91 Å². The topological polar surface area (TPSA) is 88.1 Å². The molecule has 3 aromatic carbocycles. The molecule has 3 rings (SSSR count). The van der Waals surface area contributed by atoms with Crippen molar-refractivity contribution in [3.05, 3.63) is 108 Å². The fourth-order valence-corrected chi connectivity index (χ4v) is 4.65. The molecule has 7 nitrogen and oxygen atoms in total. The first-order valence-corrected chi connectivity index (χ1v) is 12.6. The van der Waals surface area contributed by atoms with Gasteiger partial charge in [-0.3, -0.25) is 4.79 Å². The van der Waals surface area contributed by atoms with Crippen molar-refractivity contribution in [1.82, 2.24) is 9.73 Å². The van der Waals surface area contributed by atoms with E-state index in [0.29, 0.717) is 18.8 Å². The lowest BCUT2D eigenvalue weighted by atomic mass is 10.1. The molecule has 0 saturated carbocycles. The van der Waals surface area contributed by atoms with Gasteiger partial charge in [0.2, 0.25) is 10.0 Å². The predicted molar refractivity (Wildman–Crippen MR) is 138 cm³/mol. The van der Waals surface area contributed by atoms with Gasteiger partial charge in [0, 0.05) is 6.54 Å². The lowest BCUT2D eigenvalue weighted by Crippen LogP contribution is -2.40. The zero-order chi connectivity index (χ0) is 25.1. The number of hydrazone groups is 1. The molecule has 0 atom stereocenters. The molecule has 0 aliphatic heterocycles. The molecule has 0 aromatic heterocycles. The normalized spacial score (nSPS) is 11.5. The van der Waals surface area contributed by atoms with Gasteiger partial charge in [0.05, 0.1) is 17.7 Å². The van der Waals surface area contributed by atoms with Crippen LogP contribution in [-0.2, 0) is 21.2 Å². The van der Waals surface area contributed by atoms with E-state index in [0.717, 1.165) is 16.7 Å². The molecule has 35 heavy (non-hydrogen) atoms. The molecule has 0 aliphatic rings. The average Bonchev–Trinajstić information content (AvgIpc) is 2.86. The molecule has 8 heteroatoms. The summed E-state index contributed by atoms with van der Waals surface area (Å²) in [6.45, 7) is 5.68. The van der Waals surface area contributed by atoms with Gasteiger partial charge in [-0.25, -0.2) is 13.8 Å². The van der Waals surface area contributed by atoms with Crippen LogP contribution in [0.3, 0.4) is 0 Å². The number of amides is 1.